The van der Waals surface area contributed by atoms with E-state index < -0.39 is 17.9 Å². The van der Waals surface area contributed by atoms with Crippen LogP contribution in [-0.2, 0) is 4.79 Å². The zero-order valence-electron chi connectivity index (χ0n) is 21.0. The number of rotatable bonds is 4. The number of amides is 2. The van der Waals surface area contributed by atoms with Crippen LogP contribution in [0, 0.1) is 13.8 Å². The maximum atomic E-state index is 13.5. The molecule has 0 saturated heterocycles. The van der Waals surface area contributed by atoms with Crippen LogP contribution in [-0.4, -0.2) is 33.6 Å². The van der Waals surface area contributed by atoms with Crippen LogP contribution in [0.1, 0.15) is 28.5 Å². The number of imide groups is 1. The highest BCUT2D eigenvalue weighted by molar-refractivity contribution is 6.18. The molecule has 1 atom stereocenters. The molecule has 0 spiro atoms. The van der Waals surface area contributed by atoms with E-state index in [4.69, 9.17) is 4.42 Å². The summed E-state index contributed by atoms with van der Waals surface area (Å²) in [6, 6.07) is 22.2. The van der Waals surface area contributed by atoms with Gasteiger partial charge in [-0.1, -0.05) is 54.1 Å². The van der Waals surface area contributed by atoms with Crippen molar-refractivity contribution >= 4 is 45.0 Å². The lowest BCUT2D eigenvalue weighted by atomic mass is 10.1. The molecule has 38 heavy (non-hydrogen) atoms. The summed E-state index contributed by atoms with van der Waals surface area (Å²) < 4.78 is 6.22. The van der Waals surface area contributed by atoms with Gasteiger partial charge in [-0.3, -0.25) is 14.6 Å². The van der Waals surface area contributed by atoms with E-state index in [0.29, 0.717) is 28.4 Å². The van der Waals surface area contributed by atoms with Crippen LogP contribution in [0.2, 0.25) is 0 Å². The predicted octanol–water partition coefficient (Wildman–Crippen LogP) is 6.78. The van der Waals surface area contributed by atoms with Crippen molar-refractivity contribution in [2.75, 3.05) is 0 Å². The summed E-state index contributed by atoms with van der Waals surface area (Å²) in [5, 5.41) is 16.4. The van der Waals surface area contributed by atoms with Crippen molar-refractivity contribution in [3.63, 3.8) is 0 Å². The number of hydrogen-bond acceptors (Lipinski definition) is 7. The van der Waals surface area contributed by atoms with Crippen molar-refractivity contribution in [3.8, 4) is 11.3 Å². The number of furan rings is 1. The van der Waals surface area contributed by atoms with Gasteiger partial charge in [0.2, 0.25) is 0 Å². The minimum Gasteiger partial charge on any atom is -0.455 e. The number of hydrazone groups is 1. The Kier molecular flexibility index (Phi) is 5.64. The summed E-state index contributed by atoms with van der Waals surface area (Å²) in [4.78, 5) is 31.0. The molecule has 0 radical (unpaired) electrons. The second kappa shape index (κ2) is 9.15. The van der Waals surface area contributed by atoms with E-state index in [1.807, 2.05) is 73.7 Å². The van der Waals surface area contributed by atoms with E-state index >= 15 is 0 Å². The van der Waals surface area contributed by atoms with Crippen LogP contribution in [0.5, 0.6) is 0 Å². The first kappa shape index (κ1) is 23.4. The zero-order chi connectivity index (χ0) is 26.4. The Morgan fingerprint density at radius 1 is 0.947 bits per heavy atom. The fourth-order valence-corrected chi connectivity index (χ4v) is 4.48. The molecular formula is C30H23N5O3. The van der Waals surface area contributed by atoms with Gasteiger partial charge in [0.25, 0.3) is 11.8 Å². The van der Waals surface area contributed by atoms with Crippen molar-refractivity contribution in [2.45, 2.75) is 26.8 Å². The van der Waals surface area contributed by atoms with Gasteiger partial charge in [-0.05, 0) is 50.4 Å². The number of nitrogens with zero attached hydrogens (tertiary/aromatic N) is 5. The van der Waals surface area contributed by atoms with Gasteiger partial charge in [-0.2, -0.15) is 20.3 Å². The van der Waals surface area contributed by atoms with E-state index in [2.05, 4.69) is 20.3 Å². The summed E-state index contributed by atoms with van der Waals surface area (Å²) >= 11 is 0. The van der Waals surface area contributed by atoms with E-state index in [9.17, 15) is 9.59 Å². The Bertz CT molecular complexity index is 1800. The zero-order valence-corrected chi connectivity index (χ0v) is 21.0. The Morgan fingerprint density at radius 3 is 2.53 bits per heavy atom. The fourth-order valence-electron chi connectivity index (χ4n) is 4.48. The molecule has 6 rings (SSSR count). The number of carbonyl (C=O) groups is 2. The lowest BCUT2D eigenvalue weighted by Gasteiger charge is -2.13. The van der Waals surface area contributed by atoms with Gasteiger partial charge >= 0.3 is 0 Å². The lowest BCUT2D eigenvalue weighted by Crippen LogP contribution is -2.34. The quantitative estimate of drug-likeness (QED) is 0.200. The van der Waals surface area contributed by atoms with Crippen molar-refractivity contribution in [1.82, 2.24) is 9.99 Å². The van der Waals surface area contributed by atoms with E-state index in [1.165, 1.54) is 0 Å². The summed E-state index contributed by atoms with van der Waals surface area (Å²) in [6.07, 6.45) is 1.66. The molecule has 3 heterocycles. The van der Waals surface area contributed by atoms with Gasteiger partial charge in [0, 0.05) is 22.5 Å². The molecule has 8 heteroatoms. The molecule has 8 nitrogen and oxygen atoms in total. The Morgan fingerprint density at radius 2 is 1.71 bits per heavy atom. The number of fused-ring (bicyclic) bond motifs is 3. The third-order valence-electron chi connectivity index (χ3n) is 6.62. The maximum Gasteiger partial charge on any atom is 0.283 e. The second-order valence-electron chi connectivity index (χ2n) is 9.32. The monoisotopic (exact) mass is 501 g/mol. The van der Waals surface area contributed by atoms with Gasteiger partial charge in [0.05, 0.1) is 22.7 Å². The predicted molar refractivity (Wildman–Crippen MR) is 145 cm³/mol. The standard InChI is InChI=1S/C30H23N5O3/c1-17-8-12-23(13-9-17)32-33-27-19(3)34-35(30(27)37)29(36)25-14-22(16-31-18(25)2)26-15-21-11-10-20-6-4-5-7-24(20)28(21)38-26/h4-16,27H,1-3H3. The average molecular weight is 502 g/mol. The maximum absolute atomic E-state index is 13.5. The molecule has 1 unspecified atom stereocenters. The molecule has 0 aliphatic carbocycles. The number of pyridine rings is 1. The lowest BCUT2D eigenvalue weighted by molar-refractivity contribution is -0.127. The SMILES string of the molecule is CC1=NN(C(=O)c2cc(-c3cc4ccc5ccccc5c4o3)cnc2C)C(=O)C1N=Nc1ccc(C)cc1. The molecule has 0 N–H and O–H groups in total. The minimum atomic E-state index is -0.958. The number of hydrogen-bond donors (Lipinski definition) is 0. The fraction of sp³-hybridized carbons (Fsp3) is 0.133. The van der Waals surface area contributed by atoms with E-state index in [0.717, 1.165) is 32.3 Å². The minimum absolute atomic E-state index is 0.258. The Balaban J connectivity index is 1.30. The van der Waals surface area contributed by atoms with Crippen LogP contribution in [0.3, 0.4) is 0 Å². The summed E-state index contributed by atoms with van der Waals surface area (Å²) in [6.45, 7) is 5.35. The van der Waals surface area contributed by atoms with Gasteiger partial charge < -0.3 is 4.42 Å². The smallest absolute Gasteiger partial charge is 0.283 e. The van der Waals surface area contributed by atoms with Crippen LogP contribution < -0.4 is 0 Å². The van der Waals surface area contributed by atoms with Crippen molar-refractivity contribution < 1.29 is 14.0 Å². The molecule has 0 fully saturated rings. The topological polar surface area (TPSA) is 100 Å². The molecule has 186 valence electrons. The third kappa shape index (κ3) is 4.06. The second-order valence-corrected chi connectivity index (χ2v) is 9.32. The van der Waals surface area contributed by atoms with Crippen molar-refractivity contribution in [3.05, 3.63) is 95.8 Å². The molecule has 0 bridgehead atoms. The first-order chi connectivity index (χ1) is 18.4. The summed E-state index contributed by atoms with van der Waals surface area (Å²) in [5.74, 6) is -0.547. The highest BCUT2D eigenvalue weighted by Crippen LogP contribution is 2.33. The number of aromatic nitrogens is 1. The molecule has 2 aromatic heterocycles. The van der Waals surface area contributed by atoms with Crippen molar-refractivity contribution in [1.29, 1.82) is 0 Å². The Hall–Kier alpha value is -4.98. The first-order valence-electron chi connectivity index (χ1n) is 12.2. The molecule has 1 aliphatic rings. The average Bonchev–Trinajstić information content (AvgIpc) is 3.49. The highest BCUT2D eigenvalue weighted by atomic mass is 16.3. The number of carbonyl (C=O) groups excluding carboxylic acids is 2. The van der Waals surface area contributed by atoms with Crippen LogP contribution in [0.25, 0.3) is 33.1 Å². The third-order valence-corrected chi connectivity index (χ3v) is 6.62. The number of benzene rings is 3. The highest BCUT2D eigenvalue weighted by Gasteiger charge is 2.38. The molecule has 5 aromatic rings. The van der Waals surface area contributed by atoms with Gasteiger partial charge in [-0.15, -0.1) is 0 Å². The summed E-state index contributed by atoms with van der Waals surface area (Å²) in [5.41, 5.74) is 4.24. The number of aryl methyl sites for hydroxylation is 2. The van der Waals surface area contributed by atoms with Gasteiger partial charge in [-0.25, -0.2) is 0 Å². The van der Waals surface area contributed by atoms with Crippen LogP contribution in [0.4, 0.5) is 5.69 Å². The van der Waals surface area contributed by atoms with Crippen LogP contribution in [0.15, 0.2) is 98.7 Å². The molecule has 1 aliphatic heterocycles. The molecule has 2 amide bonds. The molecule has 3 aromatic carbocycles. The first-order valence-corrected chi connectivity index (χ1v) is 12.2. The summed E-state index contributed by atoms with van der Waals surface area (Å²) in [7, 11) is 0. The van der Waals surface area contributed by atoms with Crippen molar-refractivity contribution in [2.24, 2.45) is 15.3 Å². The number of azo groups is 1. The normalized spacial score (nSPS) is 15.7. The van der Waals surface area contributed by atoms with Gasteiger partial charge in [0.15, 0.2) is 6.04 Å². The molecule has 0 saturated carbocycles. The van der Waals surface area contributed by atoms with E-state index in [-0.39, 0.29) is 5.56 Å². The molecular weight excluding hydrogens is 478 g/mol. The van der Waals surface area contributed by atoms with E-state index in [1.54, 1.807) is 26.1 Å². The van der Waals surface area contributed by atoms with Crippen LogP contribution >= 0.6 is 0 Å². The van der Waals surface area contributed by atoms with Gasteiger partial charge in [0.1, 0.15) is 11.3 Å². The Labute approximate surface area is 218 Å². The largest absolute Gasteiger partial charge is 0.455 e.